The Kier molecular flexibility index (Phi) is 5.35. The molecule has 0 atom stereocenters. The lowest BCUT2D eigenvalue weighted by Gasteiger charge is -2.33. The number of hydrogen-bond donors (Lipinski definition) is 0. The third-order valence-corrected chi connectivity index (χ3v) is 6.67. The Morgan fingerprint density at radius 1 is 0.966 bits per heavy atom. The fraction of sp³-hybridized carbons (Fsp3) is 0.278. The highest BCUT2D eigenvalue weighted by Gasteiger charge is 2.30. The third kappa shape index (κ3) is 4.02. The Hall–Kier alpha value is -2.76. The average Bonchev–Trinajstić information content (AvgIpc) is 3.17. The van der Waals surface area contributed by atoms with Crippen molar-refractivity contribution in [1.82, 2.24) is 29.4 Å². The van der Waals surface area contributed by atoms with E-state index in [1.807, 2.05) is 4.90 Å². The zero-order valence-corrected chi connectivity index (χ0v) is 16.1. The highest BCUT2D eigenvalue weighted by molar-refractivity contribution is 7.89. The van der Waals surface area contributed by atoms with Gasteiger partial charge in [-0.3, -0.25) is 4.90 Å². The molecule has 1 saturated heterocycles. The summed E-state index contributed by atoms with van der Waals surface area (Å²) in [4.78, 5) is 1.68. The summed E-state index contributed by atoms with van der Waals surface area (Å²) in [6.07, 6.45) is 0. The van der Waals surface area contributed by atoms with E-state index in [9.17, 15) is 17.2 Å². The summed E-state index contributed by atoms with van der Waals surface area (Å²) >= 11 is 0. The van der Waals surface area contributed by atoms with Crippen molar-refractivity contribution in [3.8, 4) is 5.69 Å². The summed E-state index contributed by atoms with van der Waals surface area (Å²) in [6.45, 7) is 1.68. The summed E-state index contributed by atoms with van der Waals surface area (Å²) in [6, 6.07) is 11.3. The van der Waals surface area contributed by atoms with Crippen LogP contribution in [0.15, 0.2) is 53.4 Å². The van der Waals surface area contributed by atoms with E-state index < -0.39 is 21.7 Å². The van der Waals surface area contributed by atoms with Crippen LogP contribution in [-0.4, -0.2) is 64.0 Å². The number of hydrogen-bond acceptors (Lipinski definition) is 6. The molecule has 0 unspecified atom stereocenters. The first-order chi connectivity index (χ1) is 13.9. The van der Waals surface area contributed by atoms with Crippen molar-refractivity contribution in [2.24, 2.45) is 0 Å². The van der Waals surface area contributed by atoms with Crippen molar-refractivity contribution in [2.45, 2.75) is 11.4 Å². The van der Waals surface area contributed by atoms with E-state index in [1.54, 1.807) is 12.1 Å². The van der Waals surface area contributed by atoms with Crippen LogP contribution in [0.25, 0.3) is 5.69 Å². The Morgan fingerprint density at radius 2 is 1.72 bits per heavy atom. The van der Waals surface area contributed by atoms with Crippen LogP contribution in [0.4, 0.5) is 8.78 Å². The first-order valence-corrected chi connectivity index (χ1v) is 10.4. The first-order valence-electron chi connectivity index (χ1n) is 8.95. The van der Waals surface area contributed by atoms with Gasteiger partial charge in [0.05, 0.1) is 12.2 Å². The average molecular weight is 420 g/mol. The van der Waals surface area contributed by atoms with Crippen molar-refractivity contribution >= 4 is 10.0 Å². The van der Waals surface area contributed by atoms with Crippen molar-refractivity contribution in [1.29, 1.82) is 0 Å². The molecule has 2 aromatic carbocycles. The maximum absolute atomic E-state index is 13.9. The molecule has 1 fully saturated rings. The second-order valence-electron chi connectivity index (χ2n) is 6.60. The van der Waals surface area contributed by atoms with E-state index in [0.29, 0.717) is 31.1 Å². The molecular weight excluding hydrogens is 402 g/mol. The van der Waals surface area contributed by atoms with Gasteiger partial charge >= 0.3 is 0 Å². The summed E-state index contributed by atoms with van der Waals surface area (Å²) in [5.41, 5.74) is 0.505. The van der Waals surface area contributed by atoms with Crippen molar-refractivity contribution in [3.63, 3.8) is 0 Å². The molecule has 0 saturated carbocycles. The molecule has 0 radical (unpaired) electrons. The SMILES string of the molecule is O=S(=O)(c1ccccc1F)N1CCN(Cc2nnnn2-c2cccc(F)c2)CC1. The molecule has 0 N–H and O–H groups in total. The minimum absolute atomic E-state index is 0.220. The minimum atomic E-state index is -3.89. The zero-order valence-electron chi connectivity index (χ0n) is 15.3. The number of tetrazole rings is 1. The lowest BCUT2D eigenvalue weighted by atomic mass is 10.3. The highest BCUT2D eigenvalue weighted by atomic mass is 32.2. The maximum Gasteiger partial charge on any atom is 0.246 e. The third-order valence-electron chi connectivity index (χ3n) is 4.74. The van der Waals surface area contributed by atoms with E-state index >= 15 is 0 Å². The molecule has 152 valence electrons. The molecule has 1 aromatic heterocycles. The van der Waals surface area contributed by atoms with Gasteiger partial charge < -0.3 is 0 Å². The van der Waals surface area contributed by atoms with E-state index in [1.165, 1.54) is 39.3 Å². The second-order valence-corrected chi connectivity index (χ2v) is 8.50. The number of sulfonamides is 1. The van der Waals surface area contributed by atoms with Gasteiger partial charge in [0.15, 0.2) is 5.82 Å². The standard InChI is InChI=1S/C18H18F2N6O2S/c19-14-4-3-5-15(12-14)26-18(21-22-23-26)13-24-8-10-25(11-9-24)29(27,28)17-7-2-1-6-16(17)20/h1-7,12H,8-11,13H2. The Morgan fingerprint density at radius 3 is 2.45 bits per heavy atom. The quantitative estimate of drug-likeness (QED) is 0.621. The van der Waals surface area contributed by atoms with Gasteiger partial charge in [0.25, 0.3) is 0 Å². The Labute approximate surface area is 166 Å². The normalized spacial score (nSPS) is 16.2. The second kappa shape index (κ2) is 7.93. The van der Waals surface area contributed by atoms with Gasteiger partial charge in [-0.2, -0.15) is 8.99 Å². The van der Waals surface area contributed by atoms with Crippen molar-refractivity contribution in [3.05, 3.63) is 66.0 Å². The summed E-state index contributed by atoms with van der Waals surface area (Å²) in [5.74, 6) is -0.638. The van der Waals surface area contributed by atoms with E-state index in [4.69, 9.17) is 0 Å². The molecule has 8 nitrogen and oxygen atoms in total. The van der Waals surface area contributed by atoms with Gasteiger partial charge in [-0.25, -0.2) is 17.2 Å². The van der Waals surface area contributed by atoms with Gasteiger partial charge in [-0.05, 0) is 40.8 Å². The predicted molar refractivity (Wildman–Crippen MR) is 99.5 cm³/mol. The number of aromatic nitrogens is 4. The zero-order chi connectivity index (χ0) is 20.4. The van der Waals surface area contributed by atoms with Crippen LogP contribution in [0.3, 0.4) is 0 Å². The van der Waals surface area contributed by atoms with Crippen LogP contribution in [0.2, 0.25) is 0 Å². The number of piperazine rings is 1. The molecule has 0 spiro atoms. The maximum atomic E-state index is 13.9. The first kappa shape index (κ1) is 19.6. The fourth-order valence-electron chi connectivity index (χ4n) is 3.23. The summed E-state index contributed by atoms with van der Waals surface area (Å²) in [5, 5.41) is 11.6. The van der Waals surface area contributed by atoms with E-state index in [-0.39, 0.29) is 18.0 Å². The summed E-state index contributed by atoms with van der Waals surface area (Å²) < 4.78 is 55.5. The van der Waals surface area contributed by atoms with Crippen molar-refractivity contribution < 1.29 is 17.2 Å². The van der Waals surface area contributed by atoms with Gasteiger partial charge in [-0.15, -0.1) is 5.10 Å². The van der Waals surface area contributed by atoms with Crippen LogP contribution < -0.4 is 0 Å². The van der Waals surface area contributed by atoms with Crippen molar-refractivity contribution in [2.75, 3.05) is 26.2 Å². The monoisotopic (exact) mass is 420 g/mol. The highest BCUT2D eigenvalue weighted by Crippen LogP contribution is 2.21. The molecule has 1 aliphatic rings. The van der Waals surface area contributed by atoms with Crippen LogP contribution in [-0.2, 0) is 16.6 Å². The van der Waals surface area contributed by atoms with Crippen LogP contribution in [0, 0.1) is 11.6 Å². The Bertz CT molecular complexity index is 1110. The van der Waals surface area contributed by atoms with Gasteiger partial charge in [0.2, 0.25) is 10.0 Å². The fourth-order valence-corrected chi connectivity index (χ4v) is 4.72. The number of benzene rings is 2. The molecule has 11 heteroatoms. The molecule has 29 heavy (non-hydrogen) atoms. The molecule has 2 heterocycles. The topological polar surface area (TPSA) is 84.2 Å². The lowest BCUT2D eigenvalue weighted by Crippen LogP contribution is -2.48. The van der Waals surface area contributed by atoms with Crippen LogP contribution in [0.1, 0.15) is 5.82 Å². The van der Waals surface area contributed by atoms with Gasteiger partial charge in [0, 0.05) is 26.2 Å². The molecule has 0 aliphatic carbocycles. The molecular formula is C18H18F2N6O2S. The molecule has 0 bridgehead atoms. The Balaban J connectivity index is 1.44. The van der Waals surface area contributed by atoms with Crippen LogP contribution in [0.5, 0.6) is 0 Å². The molecule has 0 amide bonds. The number of nitrogens with zero attached hydrogens (tertiary/aromatic N) is 6. The minimum Gasteiger partial charge on any atom is -0.293 e. The smallest absolute Gasteiger partial charge is 0.246 e. The lowest BCUT2D eigenvalue weighted by molar-refractivity contribution is 0.176. The van der Waals surface area contributed by atoms with Crippen LogP contribution >= 0.6 is 0 Å². The molecule has 3 aromatic rings. The predicted octanol–water partition coefficient (Wildman–Crippen LogP) is 1.45. The van der Waals surface area contributed by atoms with E-state index in [0.717, 1.165) is 6.07 Å². The van der Waals surface area contributed by atoms with Gasteiger partial charge in [0.1, 0.15) is 16.5 Å². The number of rotatable bonds is 5. The largest absolute Gasteiger partial charge is 0.293 e. The number of halogens is 2. The van der Waals surface area contributed by atoms with E-state index in [2.05, 4.69) is 15.5 Å². The van der Waals surface area contributed by atoms with Gasteiger partial charge in [-0.1, -0.05) is 18.2 Å². The summed E-state index contributed by atoms with van der Waals surface area (Å²) in [7, 11) is -3.89. The molecule has 4 rings (SSSR count). The molecule has 1 aliphatic heterocycles.